The number of hydrogen-bond donors (Lipinski definition) is 0. The molecule has 8 nitrogen and oxygen atoms in total. The Morgan fingerprint density at radius 2 is 2.21 bits per heavy atom. The van der Waals surface area contributed by atoms with Crippen LogP contribution in [0, 0.1) is 0 Å². The van der Waals surface area contributed by atoms with E-state index in [2.05, 4.69) is 24.6 Å². The summed E-state index contributed by atoms with van der Waals surface area (Å²) in [5, 5.41) is 9.71. The normalized spacial score (nSPS) is 17.2. The predicted octanol–water partition coefficient (Wildman–Crippen LogP) is 2.25. The summed E-state index contributed by atoms with van der Waals surface area (Å²) in [6, 6.07) is 10.3. The van der Waals surface area contributed by atoms with Gasteiger partial charge in [0.15, 0.2) is 11.5 Å². The van der Waals surface area contributed by atoms with Crippen LogP contribution in [-0.2, 0) is 13.0 Å². The number of hydrogen-bond acceptors (Lipinski definition) is 8. The molecule has 1 atom stereocenters. The predicted molar refractivity (Wildman–Crippen MR) is 104 cm³/mol. The second-order valence-corrected chi connectivity index (χ2v) is 7.63. The maximum atomic E-state index is 12.5. The van der Waals surface area contributed by atoms with Gasteiger partial charge in [-0.2, -0.15) is 4.98 Å². The molecule has 0 saturated carbocycles. The number of carbonyl (C=O) groups excluding carboxylic acids is 1. The van der Waals surface area contributed by atoms with E-state index in [-0.39, 0.29) is 11.9 Å². The topological polar surface area (TPSA) is 88.3 Å². The molecule has 146 valence electrons. The number of aromatic nitrogens is 4. The third-order valence-corrected chi connectivity index (χ3v) is 5.49. The molecule has 1 amide bonds. The Bertz CT molecular complexity index is 898. The number of piperidine rings is 1. The van der Waals surface area contributed by atoms with Crippen molar-refractivity contribution in [3.63, 3.8) is 0 Å². The fraction of sp³-hybridized carbons (Fsp3) is 0.421. The Morgan fingerprint density at radius 1 is 1.36 bits per heavy atom. The minimum atomic E-state index is -0.0449. The van der Waals surface area contributed by atoms with Crippen LogP contribution in [-0.4, -0.2) is 61.6 Å². The van der Waals surface area contributed by atoms with Crippen LogP contribution in [0.4, 0.5) is 0 Å². The number of amides is 1. The molecule has 1 aliphatic rings. The van der Waals surface area contributed by atoms with Gasteiger partial charge in [-0.25, -0.2) is 0 Å². The van der Waals surface area contributed by atoms with Crippen molar-refractivity contribution in [3.8, 4) is 0 Å². The maximum Gasteiger partial charge on any atom is 0.275 e. The van der Waals surface area contributed by atoms with Crippen molar-refractivity contribution < 1.29 is 9.32 Å². The molecule has 1 aromatic carbocycles. The zero-order valence-electron chi connectivity index (χ0n) is 15.7. The molecule has 0 N–H and O–H groups in total. The van der Waals surface area contributed by atoms with Crippen LogP contribution >= 0.6 is 11.5 Å². The number of likely N-dealkylation sites (tertiary alicyclic amines) is 1. The summed E-state index contributed by atoms with van der Waals surface area (Å²) >= 11 is 1.20. The molecule has 28 heavy (non-hydrogen) atoms. The van der Waals surface area contributed by atoms with Crippen molar-refractivity contribution in [3.05, 3.63) is 58.7 Å². The average molecular weight is 398 g/mol. The van der Waals surface area contributed by atoms with E-state index in [9.17, 15) is 4.79 Å². The first-order chi connectivity index (χ1) is 13.7. The van der Waals surface area contributed by atoms with Crippen LogP contribution in [0.5, 0.6) is 0 Å². The van der Waals surface area contributed by atoms with Crippen LogP contribution in [0.1, 0.15) is 40.6 Å². The molecular weight excluding hydrogens is 376 g/mol. The van der Waals surface area contributed by atoms with Gasteiger partial charge >= 0.3 is 0 Å². The van der Waals surface area contributed by atoms with Gasteiger partial charge in [-0.05, 0) is 37.0 Å². The van der Waals surface area contributed by atoms with E-state index in [1.54, 1.807) is 5.38 Å². The lowest BCUT2D eigenvalue weighted by Crippen LogP contribution is -2.48. The molecule has 1 fully saturated rings. The van der Waals surface area contributed by atoms with Crippen molar-refractivity contribution in [1.82, 2.24) is 29.5 Å². The molecule has 0 radical (unpaired) electrons. The van der Waals surface area contributed by atoms with Crippen molar-refractivity contribution in [2.24, 2.45) is 0 Å². The lowest BCUT2D eigenvalue weighted by atomic mass is 10.0. The molecule has 1 aliphatic heterocycles. The highest BCUT2D eigenvalue weighted by atomic mass is 32.1. The highest BCUT2D eigenvalue weighted by Gasteiger charge is 2.28. The number of likely N-dealkylation sites (N-methyl/N-ethyl adjacent to an activating group) is 1. The van der Waals surface area contributed by atoms with E-state index in [1.807, 2.05) is 42.3 Å². The van der Waals surface area contributed by atoms with Gasteiger partial charge in [0.1, 0.15) is 0 Å². The second-order valence-electron chi connectivity index (χ2n) is 7.02. The van der Waals surface area contributed by atoms with Crippen molar-refractivity contribution in [1.29, 1.82) is 0 Å². The molecule has 0 spiro atoms. The first-order valence-corrected chi connectivity index (χ1v) is 10.1. The summed E-state index contributed by atoms with van der Waals surface area (Å²) in [6.45, 7) is 2.01. The molecule has 1 saturated heterocycles. The third-order valence-electron chi connectivity index (χ3n) is 4.99. The maximum absolute atomic E-state index is 12.5. The summed E-state index contributed by atoms with van der Waals surface area (Å²) in [5.41, 5.74) is 1.57. The zero-order chi connectivity index (χ0) is 19.3. The quantitative estimate of drug-likeness (QED) is 0.629. The summed E-state index contributed by atoms with van der Waals surface area (Å²) < 4.78 is 9.19. The summed E-state index contributed by atoms with van der Waals surface area (Å²) in [4.78, 5) is 21.1. The monoisotopic (exact) mass is 398 g/mol. The van der Waals surface area contributed by atoms with Crippen LogP contribution in [0.2, 0.25) is 0 Å². The molecule has 0 bridgehead atoms. The van der Waals surface area contributed by atoms with Gasteiger partial charge in [0.25, 0.3) is 5.91 Å². The second kappa shape index (κ2) is 8.57. The van der Waals surface area contributed by atoms with E-state index in [0.717, 1.165) is 24.9 Å². The highest BCUT2D eigenvalue weighted by Crippen LogP contribution is 2.18. The number of nitrogens with zero attached hydrogens (tertiary/aromatic N) is 6. The molecule has 1 unspecified atom stereocenters. The number of rotatable bonds is 6. The average Bonchev–Trinajstić information content (AvgIpc) is 3.41. The first kappa shape index (κ1) is 18.7. The highest BCUT2D eigenvalue weighted by molar-refractivity contribution is 7.03. The Labute approximate surface area is 167 Å². The van der Waals surface area contributed by atoms with Gasteiger partial charge in [0.2, 0.25) is 5.89 Å². The first-order valence-electron chi connectivity index (χ1n) is 9.31. The lowest BCUT2D eigenvalue weighted by Gasteiger charge is -2.36. The van der Waals surface area contributed by atoms with E-state index in [0.29, 0.717) is 36.9 Å². The third kappa shape index (κ3) is 4.42. The number of benzene rings is 1. The molecule has 2 aromatic heterocycles. The van der Waals surface area contributed by atoms with Crippen molar-refractivity contribution in [2.75, 3.05) is 20.1 Å². The Kier molecular flexibility index (Phi) is 5.73. The fourth-order valence-corrected chi connectivity index (χ4v) is 3.90. The van der Waals surface area contributed by atoms with E-state index < -0.39 is 0 Å². The van der Waals surface area contributed by atoms with E-state index >= 15 is 0 Å². The molecule has 4 rings (SSSR count). The molecule has 3 aromatic rings. The smallest absolute Gasteiger partial charge is 0.275 e. The minimum Gasteiger partial charge on any atom is -0.339 e. The Morgan fingerprint density at radius 3 is 3.00 bits per heavy atom. The van der Waals surface area contributed by atoms with Gasteiger partial charge in [-0.3, -0.25) is 9.69 Å². The van der Waals surface area contributed by atoms with E-state index in [1.165, 1.54) is 11.5 Å². The summed E-state index contributed by atoms with van der Waals surface area (Å²) in [6.07, 6.45) is 2.62. The Hall–Kier alpha value is -2.65. The largest absolute Gasteiger partial charge is 0.339 e. The van der Waals surface area contributed by atoms with Crippen LogP contribution in [0.25, 0.3) is 0 Å². The Balaban J connectivity index is 1.34. The van der Waals surface area contributed by atoms with Gasteiger partial charge in [-0.1, -0.05) is 40.0 Å². The van der Waals surface area contributed by atoms with E-state index in [4.69, 9.17) is 4.52 Å². The van der Waals surface area contributed by atoms with Crippen LogP contribution < -0.4 is 0 Å². The van der Waals surface area contributed by atoms with Crippen molar-refractivity contribution >= 4 is 17.4 Å². The lowest BCUT2D eigenvalue weighted by molar-refractivity contribution is 0.0593. The molecular formula is C19H22N6O2S. The summed E-state index contributed by atoms with van der Waals surface area (Å²) in [5.74, 6) is 1.24. The van der Waals surface area contributed by atoms with Crippen LogP contribution in [0.3, 0.4) is 0 Å². The van der Waals surface area contributed by atoms with Gasteiger partial charge in [-0.15, -0.1) is 5.10 Å². The fourth-order valence-electron chi connectivity index (χ4n) is 3.47. The molecule has 9 heteroatoms. The van der Waals surface area contributed by atoms with Gasteiger partial charge in [0.05, 0.1) is 13.0 Å². The molecule has 3 heterocycles. The minimum absolute atomic E-state index is 0.0449. The summed E-state index contributed by atoms with van der Waals surface area (Å²) in [7, 11) is 2.04. The van der Waals surface area contributed by atoms with Crippen molar-refractivity contribution in [2.45, 2.75) is 31.8 Å². The zero-order valence-corrected chi connectivity index (χ0v) is 16.5. The standard InChI is InChI=1S/C19H22N6O2S/c1-24(12-17-20-18(27-22-17)10-14-6-3-2-4-7-14)15-8-5-9-25(11-15)19(26)16-13-28-23-21-16/h2-4,6-7,13,15H,5,8-12H2,1H3. The van der Waals surface area contributed by atoms with Gasteiger partial charge in [0, 0.05) is 24.5 Å². The molecule has 0 aliphatic carbocycles. The van der Waals surface area contributed by atoms with Crippen LogP contribution in [0.15, 0.2) is 40.2 Å². The SMILES string of the molecule is CN(Cc1noc(Cc2ccccc2)n1)C1CCCN(C(=O)c2csnn2)C1. The van der Waals surface area contributed by atoms with Gasteiger partial charge < -0.3 is 9.42 Å². The number of carbonyl (C=O) groups is 1.